The zero-order valence-electron chi connectivity index (χ0n) is 13.4. The molecule has 0 aliphatic heterocycles. The Kier molecular flexibility index (Phi) is 6.21. The average molecular weight is 293 g/mol. The largest absolute Gasteiger partial charge is 0.462 e. The first-order valence-electron chi connectivity index (χ1n) is 7.19. The number of ether oxygens (including phenoxy) is 2. The number of benzene rings is 1. The lowest BCUT2D eigenvalue weighted by Gasteiger charge is -2.20. The summed E-state index contributed by atoms with van der Waals surface area (Å²) in [7, 11) is 0. The molecule has 1 aromatic carbocycles. The second kappa shape index (κ2) is 7.67. The van der Waals surface area contributed by atoms with Crippen molar-refractivity contribution >= 4 is 12.1 Å². The van der Waals surface area contributed by atoms with Crippen molar-refractivity contribution in [1.82, 2.24) is 4.90 Å². The van der Waals surface area contributed by atoms with Gasteiger partial charge in [-0.25, -0.2) is 9.59 Å². The molecule has 0 heterocycles. The van der Waals surface area contributed by atoms with Gasteiger partial charge in [0, 0.05) is 13.1 Å². The van der Waals surface area contributed by atoms with Crippen molar-refractivity contribution in [2.45, 2.75) is 34.6 Å². The maximum Gasteiger partial charge on any atom is 0.415 e. The Labute approximate surface area is 125 Å². The fourth-order valence-electron chi connectivity index (χ4n) is 2.08. The van der Waals surface area contributed by atoms with Crippen LogP contribution in [0.3, 0.4) is 0 Å². The fraction of sp³-hybridized carbons (Fsp3) is 0.500. The fourth-order valence-corrected chi connectivity index (χ4v) is 2.08. The van der Waals surface area contributed by atoms with Gasteiger partial charge in [0.2, 0.25) is 0 Å². The minimum atomic E-state index is -0.480. The molecule has 0 N–H and O–H groups in total. The van der Waals surface area contributed by atoms with Gasteiger partial charge in [-0.15, -0.1) is 0 Å². The van der Waals surface area contributed by atoms with Crippen LogP contribution in [0.5, 0.6) is 5.75 Å². The molecule has 0 spiro atoms. The van der Waals surface area contributed by atoms with Gasteiger partial charge in [0.15, 0.2) is 0 Å². The van der Waals surface area contributed by atoms with Crippen LogP contribution in [0.2, 0.25) is 0 Å². The second-order valence-corrected chi connectivity index (χ2v) is 4.72. The third-order valence-corrected chi connectivity index (χ3v) is 3.13. The molecule has 1 aromatic rings. The minimum absolute atomic E-state index is 0.273. The van der Waals surface area contributed by atoms with E-state index in [0.29, 0.717) is 13.1 Å². The number of nitrogens with zero attached hydrogens (tertiary/aromatic N) is 1. The Bertz CT molecular complexity index is 521. The van der Waals surface area contributed by atoms with Crippen LogP contribution in [-0.2, 0) is 4.74 Å². The summed E-state index contributed by atoms with van der Waals surface area (Å²) in [4.78, 5) is 25.7. The third kappa shape index (κ3) is 4.21. The van der Waals surface area contributed by atoms with Gasteiger partial charge in [-0.05, 0) is 51.8 Å². The van der Waals surface area contributed by atoms with Gasteiger partial charge in [0.05, 0.1) is 6.61 Å². The summed E-state index contributed by atoms with van der Waals surface area (Å²) in [5, 5.41) is 0. The van der Waals surface area contributed by atoms with E-state index in [1.165, 1.54) is 0 Å². The van der Waals surface area contributed by atoms with Crippen molar-refractivity contribution in [3.05, 3.63) is 28.8 Å². The highest BCUT2D eigenvalue weighted by molar-refractivity contribution is 5.94. The predicted molar refractivity (Wildman–Crippen MR) is 80.8 cm³/mol. The number of carbonyl (C=O) groups excluding carboxylic acids is 2. The van der Waals surface area contributed by atoms with E-state index in [0.717, 1.165) is 11.1 Å². The van der Waals surface area contributed by atoms with E-state index >= 15 is 0 Å². The Morgan fingerprint density at radius 3 is 2.24 bits per heavy atom. The number of aryl methyl sites for hydroxylation is 2. The van der Waals surface area contributed by atoms with Gasteiger partial charge in [-0.1, -0.05) is 6.07 Å². The van der Waals surface area contributed by atoms with Crippen LogP contribution in [0.4, 0.5) is 4.79 Å². The summed E-state index contributed by atoms with van der Waals surface area (Å²) in [5.41, 5.74) is 1.94. The summed E-state index contributed by atoms with van der Waals surface area (Å²) in [5.74, 6) is -0.206. The minimum Gasteiger partial charge on any atom is -0.462 e. The van der Waals surface area contributed by atoms with E-state index < -0.39 is 12.1 Å². The van der Waals surface area contributed by atoms with Gasteiger partial charge in [0.25, 0.3) is 0 Å². The molecule has 0 aromatic heterocycles. The average Bonchev–Trinajstić information content (AvgIpc) is 2.43. The molecule has 116 valence electrons. The molecule has 0 atom stereocenters. The van der Waals surface area contributed by atoms with Crippen molar-refractivity contribution < 1.29 is 19.1 Å². The van der Waals surface area contributed by atoms with Crippen LogP contribution in [-0.4, -0.2) is 36.7 Å². The van der Waals surface area contributed by atoms with Crippen LogP contribution in [0.25, 0.3) is 0 Å². The van der Waals surface area contributed by atoms with E-state index in [9.17, 15) is 9.59 Å². The van der Waals surface area contributed by atoms with Crippen LogP contribution in [0, 0.1) is 13.8 Å². The number of amides is 1. The number of hydrogen-bond acceptors (Lipinski definition) is 4. The van der Waals surface area contributed by atoms with Crippen molar-refractivity contribution in [1.29, 1.82) is 0 Å². The molecule has 1 amide bonds. The predicted octanol–water partition coefficient (Wildman–Crippen LogP) is 3.32. The molecule has 0 aliphatic carbocycles. The maximum absolute atomic E-state index is 12.1. The summed E-state index contributed by atoms with van der Waals surface area (Å²) in [6.45, 7) is 10.5. The Morgan fingerprint density at radius 1 is 1.10 bits per heavy atom. The summed E-state index contributed by atoms with van der Waals surface area (Å²) < 4.78 is 10.5. The maximum atomic E-state index is 12.1. The van der Waals surface area contributed by atoms with E-state index in [4.69, 9.17) is 9.47 Å². The van der Waals surface area contributed by atoms with Gasteiger partial charge < -0.3 is 14.4 Å². The number of carbonyl (C=O) groups is 2. The molecule has 21 heavy (non-hydrogen) atoms. The SMILES string of the molecule is CCOC(=O)c1cc(C)cc(C)c1OC(=O)N(CC)CC. The van der Waals surface area contributed by atoms with Crippen LogP contribution in [0.1, 0.15) is 42.3 Å². The van der Waals surface area contributed by atoms with Crippen molar-refractivity contribution in [3.63, 3.8) is 0 Å². The Morgan fingerprint density at radius 2 is 1.71 bits per heavy atom. The molecular formula is C16H23NO4. The highest BCUT2D eigenvalue weighted by atomic mass is 16.6. The number of hydrogen-bond donors (Lipinski definition) is 0. The van der Waals surface area contributed by atoms with Gasteiger partial charge in [-0.3, -0.25) is 0 Å². The van der Waals surface area contributed by atoms with Crippen LogP contribution in [0.15, 0.2) is 12.1 Å². The van der Waals surface area contributed by atoms with Gasteiger partial charge in [0.1, 0.15) is 11.3 Å². The highest BCUT2D eigenvalue weighted by Crippen LogP contribution is 2.27. The lowest BCUT2D eigenvalue weighted by molar-refractivity contribution is 0.0522. The zero-order valence-corrected chi connectivity index (χ0v) is 13.4. The zero-order chi connectivity index (χ0) is 16.0. The molecular weight excluding hydrogens is 270 g/mol. The topological polar surface area (TPSA) is 55.8 Å². The standard InChI is InChI=1S/C16H23NO4/c1-6-17(7-2)16(19)21-14-12(5)9-11(4)10-13(14)15(18)20-8-3/h9-10H,6-8H2,1-5H3. The van der Waals surface area contributed by atoms with E-state index in [2.05, 4.69) is 0 Å². The molecule has 0 saturated carbocycles. The van der Waals surface area contributed by atoms with E-state index in [1.807, 2.05) is 26.8 Å². The molecule has 0 fully saturated rings. The number of esters is 1. The second-order valence-electron chi connectivity index (χ2n) is 4.72. The van der Waals surface area contributed by atoms with E-state index in [1.54, 1.807) is 24.8 Å². The molecule has 1 rings (SSSR count). The van der Waals surface area contributed by atoms with Gasteiger partial charge in [-0.2, -0.15) is 0 Å². The molecule has 0 saturated heterocycles. The lowest BCUT2D eigenvalue weighted by atomic mass is 10.1. The summed E-state index contributed by atoms with van der Waals surface area (Å²) in [6.07, 6.45) is -0.461. The summed E-state index contributed by atoms with van der Waals surface area (Å²) >= 11 is 0. The quantitative estimate of drug-likeness (QED) is 0.781. The Hall–Kier alpha value is -2.04. The van der Waals surface area contributed by atoms with Crippen molar-refractivity contribution in [2.75, 3.05) is 19.7 Å². The molecule has 0 bridgehead atoms. The van der Waals surface area contributed by atoms with Crippen LogP contribution >= 0.6 is 0 Å². The molecule has 0 aliphatic rings. The Balaban J connectivity index is 3.15. The smallest absolute Gasteiger partial charge is 0.415 e. The van der Waals surface area contributed by atoms with E-state index in [-0.39, 0.29) is 17.9 Å². The first kappa shape index (κ1) is 17.0. The monoisotopic (exact) mass is 293 g/mol. The summed E-state index contributed by atoms with van der Waals surface area (Å²) in [6, 6.07) is 3.55. The molecule has 5 nitrogen and oxygen atoms in total. The van der Waals surface area contributed by atoms with Crippen molar-refractivity contribution in [3.8, 4) is 5.75 Å². The normalized spacial score (nSPS) is 10.1. The molecule has 5 heteroatoms. The molecule has 0 unspecified atom stereocenters. The lowest BCUT2D eigenvalue weighted by Crippen LogP contribution is -2.33. The first-order chi connectivity index (χ1) is 9.94. The number of rotatable bonds is 5. The third-order valence-electron chi connectivity index (χ3n) is 3.13. The first-order valence-corrected chi connectivity index (χ1v) is 7.19. The van der Waals surface area contributed by atoms with Crippen molar-refractivity contribution in [2.24, 2.45) is 0 Å². The molecule has 0 radical (unpaired) electrons. The van der Waals surface area contributed by atoms with Gasteiger partial charge >= 0.3 is 12.1 Å². The highest BCUT2D eigenvalue weighted by Gasteiger charge is 2.21. The van der Waals surface area contributed by atoms with Crippen LogP contribution < -0.4 is 4.74 Å².